The van der Waals surface area contributed by atoms with Crippen LogP contribution in [0.15, 0.2) is 84.9 Å². The summed E-state index contributed by atoms with van der Waals surface area (Å²) < 4.78 is 41.3. The summed E-state index contributed by atoms with van der Waals surface area (Å²) in [6.45, 7) is 21.1. The second-order valence-electron chi connectivity index (χ2n) is 16.8. The summed E-state index contributed by atoms with van der Waals surface area (Å²) >= 11 is 0. The lowest BCUT2D eigenvalue weighted by molar-refractivity contribution is -0.132. The summed E-state index contributed by atoms with van der Waals surface area (Å²) in [5.41, 5.74) is 5.18. The van der Waals surface area contributed by atoms with Gasteiger partial charge in [-0.05, 0) is 142 Å². The van der Waals surface area contributed by atoms with Gasteiger partial charge in [-0.25, -0.2) is 4.79 Å². The normalized spacial score (nSPS) is 12.2. The molecule has 4 rings (SSSR count). The summed E-state index contributed by atoms with van der Waals surface area (Å²) in [5.74, 6) is 1.84. The molecule has 0 N–H and O–H groups in total. The molecule has 4 aromatic rings. The highest BCUT2D eigenvalue weighted by molar-refractivity contribution is 6.87. The second-order valence-corrected chi connectivity index (χ2v) is 29.3. The Hall–Kier alpha value is -4.21. The van der Waals surface area contributed by atoms with E-state index in [0.717, 1.165) is 60.0 Å². The highest BCUT2D eigenvalue weighted by Gasteiger charge is 2.39. The number of rotatable bonds is 19. The maximum absolute atomic E-state index is 12.9. The van der Waals surface area contributed by atoms with Gasteiger partial charge in [0.2, 0.25) is 0 Å². The molecule has 0 radical (unpaired) electrons. The van der Waals surface area contributed by atoms with Gasteiger partial charge < -0.3 is 31.9 Å². The van der Waals surface area contributed by atoms with E-state index < -0.39 is 31.4 Å². The second kappa shape index (κ2) is 19.5. The van der Waals surface area contributed by atoms with E-state index in [-0.39, 0.29) is 11.4 Å². The maximum Gasteiger partial charge on any atom is 0.519 e. The van der Waals surface area contributed by atoms with Crippen molar-refractivity contribution in [3.8, 4) is 28.7 Å². The van der Waals surface area contributed by atoms with Crippen molar-refractivity contribution >= 4 is 37.3 Å². The van der Waals surface area contributed by atoms with Crippen molar-refractivity contribution < 1.29 is 41.5 Å². The molecule has 0 atom stereocenters. The van der Waals surface area contributed by atoms with E-state index in [2.05, 4.69) is 71.3 Å². The highest BCUT2D eigenvalue weighted by Crippen LogP contribution is 2.35. The van der Waals surface area contributed by atoms with E-state index in [9.17, 15) is 9.59 Å². The van der Waals surface area contributed by atoms with Crippen LogP contribution in [0.5, 0.6) is 28.7 Å². The molecule has 308 valence electrons. The first-order valence-corrected chi connectivity index (χ1v) is 28.8. The summed E-state index contributed by atoms with van der Waals surface area (Å²) in [7, 11) is -3.29. The van der Waals surface area contributed by atoms with Crippen LogP contribution < -0.4 is 23.7 Å². The van der Waals surface area contributed by atoms with Crippen molar-refractivity contribution in [2.45, 2.75) is 110 Å². The summed E-state index contributed by atoms with van der Waals surface area (Å²) in [6, 6.07) is 29.5. The molecular formula is C45H62O9Si3. The molecule has 0 fully saturated rings. The Bertz CT molecular complexity index is 1980. The zero-order valence-corrected chi connectivity index (χ0v) is 39.0. The molecule has 0 saturated heterocycles. The standard InChI is InChI=1S/C45H62O9Si3/c1-33-30-38(45(3,4)37-20-14-13-15-21-37)24-27-39(33)51-44(47)52-41-26-23-36(32-43(41)49-6)19-17-29-56(9,10)54-57(11,12)53-55(7,8)28-16-18-35-22-25-40(50-34(2)46)42(31-35)48-5/h13-15,20-27,30-32H,16-19,28-29H2,1-12H3. The number of hydrogen-bond acceptors (Lipinski definition) is 9. The molecule has 0 heterocycles. The largest absolute Gasteiger partial charge is 0.519 e. The van der Waals surface area contributed by atoms with Gasteiger partial charge in [0, 0.05) is 12.3 Å². The van der Waals surface area contributed by atoms with Gasteiger partial charge in [-0.1, -0.05) is 68.4 Å². The van der Waals surface area contributed by atoms with Gasteiger partial charge in [0.05, 0.1) is 14.2 Å². The van der Waals surface area contributed by atoms with Crippen LogP contribution in [-0.2, 0) is 31.3 Å². The molecule has 0 amide bonds. The van der Waals surface area contributed by atoms with Crippen LogP contribution in [0.2, 0.25) is 51.4 Å². The van der Waals surface area contributed by atoms with Crippen LogP contribution in [0.1, 0.15) is 61.4 Å². The highest BCUT2D eigenvalue weighted by atomic mass is 28.5. The lowest BCUT2D eigenvalue weighted by atomic mass is 9.78. The Labute approximate surface area is 343 Å². The van der Waals surface area contributed by atoms with E-state index >= 15 is 0 Å². The van der Waals surface area contributed by atoms with Crippen molar-refractivity contribution in [3.63, 3.8) is 0 Å². The van der Waals surface area contributed by atoms with Crippen LogP contribution >= 0.6 is 0 Å². The number of methoxy groups -OCH3 is 2. The molecular weight excluding hydrogens is 769 g/mol. The topological polar surface area (TPSA) is 98.8 Å². The molecule has 4 aromatic carbocycles. The molecule has 0 aliphatic rings. The third-order valence-corrected chi connectivity index (χ3v) is 21.5. The van der Waals surface area contributed by atoms with Gasteiger partial charge in [0.1, 0.15) is 5.75 Å². The minimum atomic E-state index is -2.39. The van der Waals surface area contributed by atoms with E-state index in [1.165, 1.54) is 12.5 Å². The Morgan fingerprint density at radius 2 is 1.05 bits per heavy atom. The first kappa shape index (κ1) is 45.5. The van der Waals surface area contributed by atoms with Gasteiger partial charge in [-0.15, -0.1) is 0 Å². The molecule has 0 aromatic heterocycles. The summed E-state index contributed by atoms with van der Waals surface area (Å²) in [5, 5.41) is 0. The molecule has 0 bridgehead atoms. The van der Waals surface area contributed by atoms with Gasteiger partial charge in [-0.2, -0.15) is 0 Å². The van der Waals surface area contributed by atoms with Crippen LogP contribution in [0.4, 0.5) is 4.79 Å². The molecule has 0 unspecified atom stereocenters. The third kappa shape index (κ3) is 13.7. The molecule has 0 aliphatic carbocycles. The summed E-state index contributed by atoms with van der Waals surface area (Å²) in [4.78, 5) is 24.3. The Balaban J connectivity index is 1.25. The molecule has 0 saturated carbocycles. The predicted molar refractivity (Wildman–Crippen MR) is 235 cm³/mol. The average molecular weight is 831 g/mol. The van der Waals surface area contributed by atoms with E-state index in [1.54, 1.807) is 26.4 Å². The number of esters is 1. The lowest BCUT2D eigenvalue weighted by Gasteiger charge is -2.39. The Kier molecular flexibility index (Phi) is 15.6. The Morgan fingerprint density at radius 3 is 1.53 bits per heavy atom. The lowest BCUT2D eigenvalue weighted by Crippen LogP contribution is -2.52. The van der Waals surface area contributed by atoms with Crippen molar-refractivity contribution in [1.29, 1.82) is 0 Å². The molecule has 57 heavy (non-hydrogen) atoms. The summed E-state index contributed by atoms with van der Waals surface area (Å²) in [6.07, 6.45) is 2.83. The van der Waals surface area contributed by atoms with E-state index in [0.29, 0.717) is 28.7 Å². The minimum Gasteiger partial charge on any atom is -0.493 e. The molecule has 9 nitrogen and oxygen atoms in total. The van der Waals surface area contributed by atoms with Crippen LogP contribution in [0.3, 0.4) is 0 Å². The number of hydrogen-bond donors (Lipinski definition) is 0. The average Bonchev–Trinajstić information content (AvgIpc) is 3.12. The number of benzene rings is 4. The number of carbonyl (C=O) groups excluding carboxylic acids is 2. The van der Waals surface area contributed by atoms with Crippen molar-refractivity contribution in [3.05, 3.63) is 113 Å². The van der Waals surface area contributed by atoms with Gasteiger partial charge in [0.15, 0.2) is 39.6 Å². The van der Waals surface area contributed by atoms with Crippen molar-refractivity contribution in [2.75, 3.05) is 14.2 Å². The number of ether oxygens (including phenoxy) is 5. The first-order chi connectivity index (χ1) is 26.7. The zero-order chi connectivity index (χ0) is 42.0. The van der Waals surface area contributed by atoms with Gasteiger partial charge in [0.25, 0.3) is 0 Å². The number of aryl methyl sites for hydroxylation is 3. The van der Waals surface area contributed by atoms with Crippen LogP contribution in [0, 0.1) is 6.92 Å². The van der Waals surface area contributed by atoms with Crippen molar-refractivity contribution in [2.24, 2.45) is 0 Å². The van der Waals surface area contributed by atoms with E-state index in [1.807, 2.05) is 61.5 Å². The molecule has 0 aliphatic heterocycles. The van der Waals surface area contributed by atoms with E-state index in [4.69, 9.17) is 31.9 Å². The fraction of sp³-hybridized carbons (Fsp3) is 0.422. The fourth-order valence-electron chi connectivity index (χ4n) is 7.32. The maximum atomic E-state index is 12.9. The zero-order valence-electron chi connectivity index (χ0n) is 36.0. The third-order valence-electron chi connectivity index (χ3n) is 10.0. The van der Waals surface area contributed by atoms with Crippen molar-refractivity contribution in [1.82, 2.24) is 0 Å². The molecule has 0 spiro atoms. The smallest absolute Gasteiger partial charge is 0.493 e. The fourth-order valence-corrected chi connectivity index (χ4v) is 21.4. The minimum absolute atomic E-state index is 0.209. The van der Waals surface area contributed by atoms with Crippen LogP contribution in [0.25, 0.3) is 0 Å². The molecule has 12 heteroatoms. The monoisotopic (exact) mass is 830 g/mol. The SMILES string of the molecule is COc1cc(CCC[Si](C)(C)O[Si](C)(C)O[Si](C)(C)CCCc2ccc(OC(=O)Oc3ccc(C(C)(C)c4ccccc4)cc3C)c(OC)c2)ccc1OC(C)=O. The van der Waals surface area contributed by atoms with Gasteiger partial charge >= 0.3 is 20.7 Å². The van der Waals surface area contributed by atoms with Gasteiger partial charge in [-0.3, -0.25) is 4.79 Å². The predicted octanol–water partition coefficient (Wildman–Crippen LogP) is 11.6. The number of carbonyl (C=O) groups is 2. The van der Waals surface area contributed by atoms with Crippen LogP contribution in [-0.4, -0.2) is 51.5 Å². The first-order valence-electron chi connectivity index (χ1n) is 19.7. The Morgan fingerprint density at radius 1 is 0.579 bits per heavy atom. The quantitative estimate of drug-likeness (QED) is 0.0396.